The topological polar surface area (TPSA) is 68.6 Å². The first-order valence-electron chi connectivity index (χ1n) is 10.3. The van der Waals surface area contributed by atoms with E-state index in [-0.39, 0.29) is 24.1 Å². The lowest BCUT2D eigenvalue weighted by molar-refractivity contribution is -0.127. The molecule has 1 aliphatic rings. The molecule has 0 spiro atoms. The molecule has 1 amide bonds. The molecule has 30 heavy (non-hydrogen) atoms. The van der Waals surface area contributed by atoms with Gasteiger partial charge in [0.05, 0.1) is 11.3 Å². The molecule has 0 atom stereocenters. The molecule has 0 unspecified atom stereocenters. The number of rotatable bonds is 8. The summed E-state index contributed by atoms with van der Waals surface area (Å²) >= 11 is 1.33. The Balaban J connectivity index is 1.61. The van der Waals surface area contributed by atoms with E-state index in [1.807, 2.05) is 37.8 Å². The molecular weight excluding hydrogens is 400 g/mol. The first-order chi connectivity index (χ1) is 14.4. The number of Topliss-reactive ketones (excluding diaryl/α,β-unsaturated/α-hetero) is 1. The Hall–Kier alpha value is -2.54. The number of aromatic nitrogens is 1. The first kappa shape index (κ1) is 22.2. The third-order valence-electron chi connectivity index (χ3n) is 5.44. The van der Waals surface area contributed by atoms with Crippen molar-refractivity contribution in [2.45, 2.75) is 45.1 Å². The minimum absolute atomic E-state index is 0.0853. The van der Waals surface area contributed by atoms with Gasteiger partial charge in [-0.2, -0.15) is 0 Å². The van der Waals surface area contributed by atoms with Crippen LogP contribution < -0.4 is 0 Å². The Labute approximate surface area is 181 Å². The summed E-state index contributed by atoms with van der Waals surface area (Å²) in [6.07, 6.45) is 2.10. The summed E-state index contributed by atoms with van der Waals surface area (Å²) < 4.78 is 7.38. The van der Waals surface area contributed by atoms with Gasteiger partial charge in [0, 0.05) is 41.5 Å². The van der Waals surface area contributed by atoms with Gasteiger partial charge in [0.2, 0.25) is 11.7 Å². The standard InChI is InChI=1S/C23H28N2O4S/c1-4-25-16(2)13-19(17(25)3)20(26)14-29-23(28)18-9-5-6-10-21(18)30-15-22(27)24-11-7-8-12-24/h5-6,9-10,13H,4,7-8,11-12,14-15H2,1-3H3. The second-order valence-electron chi connectivity index (χ2n) is 7.40. The van der Waals surface area contributed by atoms with E-state index in [4.69, 9.17) is 4.74 Å². The summed E-state index contributed by atoms with van der Waals surface area (Å²) in [5, 5.41) is 0. The Morgan fingerprint density at radius 2 is 1.77 bits per heavy atom. The van der Waals surface area contributed by atoms with Gasteiger partial charge in [-0.3, -0.25) is 9.59 Å². The van der Waals surface area contributed by atoms with Crippen molar-refractivity contribution in [3.63, 3.8) is 0 Å². The van der Waals surface area contributed by atoms with Crippen LogP contribution >= 0.6 is 11.8 Å². The smallest absolute Gasteiger partial charge is 0.339 e. The molecule has 0 radical (unpaired) electrons. The van der Waals surface area contributed by atoms with Crippen LogP contribution in [-0.2, 0) is 16.1 Å². The molecule has 0 bridgehead atoms. The van der Waals surface area contributed by atoms with E-state index < -0.39 is 5.97 Å². The Morgan fingerprint density at radius 3 is 2.43 bits per heavy atom. The number of ketones is 1. The van der Waals surface area contributed by atoms with Crippen LogP contribution in [0.25, 0.3) is 0 Å². The minimum atomic E-state index is -0.552. The maximum absolute atomic E-state index is 12.6. The van der Waals surface area contributed by atoms with E-state index in [1.54, 1.807) is 18.2 Å². The van der Waals surface area contributed by atoms with Crippen LogP contribution in [0.15, 0.2) is 35.2 Å². The molecule has 2 heterocycles. The van der Waals surface area contributed by atoms with Crippen molar-refractivity contribution in [3.05, 3.63) is 52.8 Å². The average molecular weight is 429 g/mol. The van der Waals surface area contributed by atoms with E-state index in [1.165, 1.54) is 11.8 Å². The van der Waals surface area contributed by atoms with Gasteiger partial charge in [0.15, 0.2) is 6.61 Å². The van der Waals surface area contributed by atoms with Gasteiger partial charge >= 0.3 is 5.97 Å². The highest BCUT2D eigenvalue weighted by Crippen LogP contribution is 2.25. The van der Waals surface area contributed by atoms with Crippen molar-refractivity contribution in [3.8, 4) is 0 Å². The normalized spacial score (nSPS) is 13.5. The summed E-state index contributed by atoms with van der Waals surface area (Å²) in [5.74, 6) is -0.399. The van der Waals surface area contributed by atoms with Crippen molar-refractivity contribution in [2.24, 2.45) is 0 Å². The molecule has 0 saturated carbocycles. The molecule has 0 N–H and O–H groups in total. The van der Waals surface area contributed by atoms with Gasteiger partial charge < -0.3 is 14.2 Å². The van der Waals surface area contributed by atoms with Crippen molar-refractivity contribution in [2.75, 3.05) is 25.4 Å². The number of ether oxygens (including phenoxy) is 1. The molecule has 1 fully saturated rings. The van der Waals surface area contributed by atoms with Crippen LogP contribution in [0.4, 0.5) is 0 Å². The average Bonchev–Trinajstić information content (AvgIpc) is 3.38. The largest absolute Gasteiger partial charge is 0.454 e. The molecule has 3 rings (SSSR count). The highest BCUT2D eigenvalue weighted by molar-refractivity contribution is 8.00. The molecule has 1 saturated heterocycles. The fourth-order valence-corrected chi connectivity index (χ4v) is 4.76. The highest BCUT2D eigenvalue weighted by Gasteiger charge is 2.21. The lowest BCUT2D eigenvalue weighted by Gasteiger charge is -2.15. The second kappa shape index (κ2) is 9.98. The van der Waals surface area contributed by atoms with Gasteiger partial charge in [-0.1, -0.05) is 12.1 Å². The van der Waals surface area contributed by atoms with Crippen LogP contribution in [0.1, 0.15) is 51.9 Å². The number of aryl methyl sites for hydroxylation is 1. The third kappa shape index (κ3) is 4.95. The number of thioether (sulfide) groups is 1. The van der Waals surface area contributed by atoms with E-state index in [0.29, 0.717) is 16.0 Å². The Morgan fingerprint density at radius 1 is 1.07 bits per heavy atom. The molecule has 6 nitrogen and oxygen atoms in total. The van der Waals surface area contributed by atoms with Gasteiger partial charge in [-0.25, -0.2) is 4.79 Å². The predicted octanol–water partition coefficient (Wildman–Crippen LogP) is 3.88. The third-order valence-corrected chi connectivity index (χ3v) is 6.50. The van der Waals surface area contributed by atoms with Gasteiger partial charge in [-0.05, 0) is 51.8 Å². The van der Waals surface area contributed by atoms with Gasteiger partial charge in [0.1, 0.15) is 0 Å². The zero-order valence-corrected chi connectivity index (χ0v) is 18.6. The van der Waals surface area contributed by atoms with Crippen LogP contribution in [0.3, 0.4) is 0 Å². The van der Waals surface area contributed by atoms with Crippen LogP contribution in [0.5, 0.6) is 0 Å². The molecule has 2 aromatic rings. The summed E-state index contributed by atoms with van der Waals surface area (Å²) in [4.78, 5) is 40.1. The summed E-state index contributed by atoms with van der Waals surface area (Å²) in [7, 11) is 0. The Kier molecular flexibility index (Phi) is 7.37. The van der Waals surface area contributed by atoms with Gasteiger partial charge in [-0.15, -0.1) is 11.8 Å². The zero-order chi connectivity index (χ0) is 21.7. The molecule has 160 valence electrons. The number of benzene rings is 1. The maximum atomic E-state index is 12.6. The molecule has 1 aromatic heterocycles. The maximum Gasteiger partial charge on any atom is 0.339 e. The summed E-state index contributed by atoms with van der Waals surface area (Å²) in [5.41, 5.74) is 2.85. The Bertz CT molecular complexity index is 945. The second-order valence-corrected chi connectivity index (χ2v) is 8.42. The predicted molar refractivity (Wildman–Crippen MR) is 117 cm³/mol. The number of amides is 1. The number of likely N-dealkylation sites (tertiary alicyclic amines) is 1. The number of carbonyl (C=O) groups is 3. The highest BCUT2D eigenvalue weighted by atomic mass is 32.2. The lowest BCUT2D eigenvalue weighted by atomic mass is 10.1. The van der Waals surface area contributed by atoms with Crippen molar-refractivity contribution >= 4 is 29.4 Å². The minimum Gasteiger partial charge on any atom is -0.454 e. The SMILES string of the molecule is CCn1c(C)cc(C(=O)COC(=O)c2ccccc2SCC(=O)N2CCCC2)c1C. The van der Waals surface area contributed by atoms with Crippen molar-refractivity contribution < 1.29 is 19.1 Å². The van der Waals surface area contributed by atoms with Crippen molar-refractivity contribution in [1.29, 1.82) is 0 Å². The quantitative estimate of drug-likeness (QED) is 0.363. The van der Waals surface area contributed by atoms with Crippen molar-refractivity contribution in [1.82, 2.24) is 9.47 Å². The number of nitrogens with zero attached hydrogens (tertiary/aromatic N) is 2. The zero-order valence-electron chi connectivity index (χ0n) is 17.8. The van der Waals surface area contributed by atoms with E-state index in [2.05, 4.69) is 4.57 Å². The van der Waals surface area contributed by atoms with E-state index >= 15 is 0 Å². The molecular formula is C23H28N2O4S. The van der Waals surface area contributed by atoms with E-state index in [0.717, 1.165) is 43.9 Å². The summed E-state index contributed by atoms with van der Waals surface area (Å²) in [6, 6.07) is 8.88. The molecule has 1 aromatic carbocycles. The van der Waals surface area contributed by atoms with E-state index in [9.17, 15) is 14.4 Å². The molecule has 0 aliphatic carbocycles. The van der Waals surface area contributed by atoms with Crippen LogP contribution in [0, 0.1) is 13.8 Å². The fraction of sp³-hybridized carbons (Fsp3) is 0.435. The number of carbonyl (C=O) groups excluding carboxylic acids is 3. The van der Waals surface area contributed by atoms with Crippen LogP contribution in [-0.4, -0.2) is 52.6 Å². The lowest BCUT2D eigenvalue weighted by Crippen LogP contribution is -2.29. The first-order valence-corrected chi connectivity index (χ1v) is 11.3. The molecule has 7 heteroatoms. The summed E-state index contributed by atoms with van der Waals surface area (Å²) in [6.45, 7) is 7.97. The monoisotopic (exact) mass is 428 g/mol. The number of hydrogen-bond donors (Lipinski definition) is 0. The number of hydrogen-bond acceptors (Lipinski definition) is 5. The van der Waals surface area contributed by atoms with Gasteiger partial charge in [0.25, 0.3) is 0 Å². The number of esters is 1. The van der Waals surface area contributed by atoms with Crippen LogP contribution in [0.2, 0.25) is 0 Å². The fourth-order valence-electron chi connectivity index (χ4n) is 3.82. The molecule has 1 aliphatic heterocycles.